The molecule has 1 heterocycles. The van der Waals surface area contributed by atoms with Crippen molar-refractivity contribution in [3.05, 3.63) is 51.7 Å². The average molecular weight is 389 g/mol. The number of carbonyl (C=O) groups is 1. The zero-order chi connectivity index (χ0) is 19.1. The molecule has 2 amide bonds. The van der Waals surface area contributed by atoms with Gasteiger partial charge in [0.05, 0.1) is 19.4 Å². The molecule has 0 atom stereocenters. The van der Waals surface area contributed by atoms with Crippen LogP contribution in [-0.2, 0) is 4.74 Å². The van der Waals surface area contributed by atoms with Crippen LogP contribution in [0.15, 0.2) is 46.2 Å². The van der Waals surface area contributed by atoms with Gasteiger partial charge in [-0.05, 0) is 54.7 Å². The molecule has 0 radical (unpaired) electrons. The minimum atomic E-state index is -0.294. The summed E-state index contributed by atoms with van der Waals surface area (Å²) in [4.78, 5) is 13.9. The minimum Gasteiger partial charge on any atom is -0.378 e. The fourth-order valence-electron chi connectivity index (χ4n) is 3.30. The van der Waals surface area contributed by atoms with Gasteiger partial charge in [0.15, 0.2) is 0 Å². The number of morpholine rings is 1. The van der Waals surface area contributed by atoms with Gasteiger partial charge in [0.1, 0.15) is 0 Å². The number of halogens is 1. The Morgan fingerprint density at radius 1 is 1.26 bits per heavy atom. The van der Waals surface area contributed by atoms with Crippen LogP contribution < -0.4 is 10.7 Å². The minimum absolute atomic E-state index is 0.294. The molecule has 27 heavy (non-hydrogen) atoms. The zero-order valence-electron chi connectivity index (χ0n) is 15.5. The molecule has 0 unspecified atom stereocenters. The molecule has 144 valence electrons. The van der Waals surface area contributed by atoms with Crippen LogP contribution in [0.1, 0.15) is 25.3 Å². The maximum absolute atomic E-state index is 11.5. The van der Waals surface area contributed by atoms with Crippen LogP contribution >= 0.6 is 11.6 Å². The second-order valence-corrected chi connectivity index (χ2v) is 6.86. The van der Waals surface area contributed by atoms with E-state index in [9.17, 15) is 4.79 Å². The predicted molar refractivity (Wildman–Crippen MR) is 109 cm³/mol. The first-order chi connectivity index (χ1) is 13.2. The van der Waals surface area contributed by atoms with Crippen molar-refractivity contribution in [3.8, 4) is 0 Å². The van der Waals surface area contributed by atoms with Gasteiger partial charge in [-0.3, -0.25) is 0 Å². The maximum Gasteiger partial charge on any atom is 0.335 e. The van der Waals surface area contributed by atoms with E-state index in [0.717, 1.165) is 55.3 Å². The lowest BCUT2D eigenvalue weighted by molar-refractivity contribution is 0.0548. The first kappa shape index (κ1) is 19.5. The van der Waals surface area contributed by atoms with E-state index >= 15 is 0 Å². The quantitative estimate of drug-likeness (QED) is 0.600. The predicted octanol–water partition coefficient (Wildman–Crippen LogP) is 3.41. The van der Waals surface area contributed by atoms with E-state index in [0.29, 0.717) is 6.54 Å². The molecule has 2 aliphatic rings. The molecular formula is C20H25ClN4O2. The number of urea groups is 1. The Labute approximate surface area is 164 Å². The molecule has 0 saturated carbocycles. The Hall–Kier alpha value is -2.31. The summed E-state index contributed by atoms with van der Waals surface area (Å²) >= 11 is 6.00. The number of rotatable bonds is 5. The third kappa shape index (κ3) is 5.34. The van der Waals surface area contributed by atoms with Crippen LogP contribution in [0.5, 0.6) is 0 Å². The van der Waals surface area contributed by atoms with Gasteiger partial charge in [-0.25, -0.2) is 10.2 Å². The number of benzene rings is 1. The summed E-state index contributed by atoms with van der Waals surface area (Å²) in [5, 5.41) is 7.52. The highest BCUT2D eigenvalue weighted by atomic mass is 35.5. The largest absolute Gasteiger partial charge is 0.378 e. The molecular weight excluding hydrogens is 364 g/mol. The fourth-order valence-corrected chi connectivity index (χ4v) is 3.43. The third-order valence-corrected chi connectivity index (χ3v) is 4.79. The highest BCUT2D eigenvalue weighted by Crippen LogP contribution is 2.35. The maximum atomic E-state index is 11.5. The molecule has 7 heteroatoms. The molecule has 0 bridgehead atoms. The van der Waals surface area contributed by atoms with E-state index in [-0.39, 0.29) is 6.03 Å². The Bertz CT molecular complexity index is 750. The Morgan fingerprint density at radius 3 is 2.70 bits per heavy atom. The second-order valence-electron chi connectivity index (χ2n) is 6.42. The lowest BCUT2D eigenvalue weighted by atomic mass is 10.1. The van der Waals surface area contributed by atoms with Crippen molar-refractivity contribution in [2.24, 2.45) is 5.10 Å². The Kier molecular flexibility index (Phi) is 6.90. The van der Waals surface area contributed by atoms with Crippen LogP contribution in [0.2, 0.25) is 5.02 Å². The van der Waals surface area contributed by atoms with E-state index in [1.165, 1.54) is 11.3 Å². The van der Waals surface area contributed by atoms with Crippen LogP contribution in [0.25, 0.3) is 6.08 Å². The number of nitrogens with zero attached hydrogens (tertiary/aromatic N) is 2. The van der Waals surface area contributed by atoms with Crippen molar-refractivity contribution in [1.29, 1.82) is 0 Å². The summed E-state index contributed by atoms with van der Waals surface area (Å²) in [5.74, 6) is 0. The van der Waals surface area contributed by atoms with Crippen LogP contribution in [0, 0.1) is 0 Å². The number of carbonyl (C=O) groups excluding carboxylic acids is 1. The topological polar surface area (TPSA) is 66.0 Å². The van der Waals surface area contributed by atoms with Gasteiger partial charge in [-0.15, -0.1) is 0 Å². The SMILES string of the molecule is CCNC(=O)N/N=C/C1=C(N2CCOCC2)C(=C/c2ccc(Cl)cc2)/CC1. The van der Waals surface area contributed by atoms with Crippen molar-refractivity contribution >= 4 is 29.9 Å². The molecule has 0 aromatic heterocycles. The van der Waals surface area contributed by atoms with Crippen molar-refractivity contribution < 1.29 is 9.53 Å². The number of hydrogen-bond acceptors (Lipinski definition) is 4. The van der Waals surface area contributed by atoms with Gasteiger partial charge in [-0.2, -0.15) is 5.10 Å². The van der Waals surface area contributed by atoms with Crippen molar-refractivity contribution in [1.82, 2.24) is 15.6 Å². The molecule has 1 saturated heterocycles. The summed E-state index contributed by atoms with van der Waals surface area (Å²) in [5.41, 5.74) is 7.25. The monoisotopic (exact) mass is 388 g/mol. The normalized spacial score (nSPS) is 19.2. The van der Waals surface area contributed by atoms with E-state index in [1.807, 2.05) is 31.2 Å². The molecule has 1 aliphatic heterocycles. The number of allylic oxidation sites excluding steroid dienone is 2. The first-order valence-electron chi connectivity index (χ1n) is 9.26. The molecule has 1 fully saturated rings. The zero-order valence-corrected chi connectivity index (χ0v) is 16.3. The third-order valence-electron chi connectivity index (χ3n) is 4.53. The molecule has 1 aromatic carbocycles. The van der Waals surface area contributed by atoms with Crippen LogP contribution in [0.3, 0.4) is 0 Å². The standard InChI is InChI=1S/C20H25ClN4O2/c1-2-22-20(26)24-23-14-17-6-5-16(13-15-3-7-18(21)8-4-15)19(17)25-9-11-27-12-10-25/h3-4,7-8,13-14H,2,5-6,9-12H2,1H3,(H2,22,24,26)/b16-13+,23-14+. The van der Waals surface area contributed by atoms with Gasteiger partial charge in [0, 0.05) is 30.4 Å². The van der Waals surface area contributed by atoms with E-state index in [2.05, 4.69) is 26.8 Å². The molecule has 3 rings (SSSR count). The van der Waals surface area contributed by atoms with Crippen LogP contribution in [-0.4, -0.2) is 50.0 Å². The van der Waals surface area contributed by atoms with Crippen LogP contribution in [0.4, 0.5) is 4.79 Å². The highest BCUT2D eigenvalue weighted by Gasteiger charge is 2.25. The number of amides is 2. The van der Waals surface area contributed by atoms with Gasteiger partial charge in [0.25, 0.3) is 0 Å². The Balaban J connectivity index is 1.84. The van der Waals surface area contributed by atoms with E-state index < -0.39 is 0 Å². The molecule has 1 aromatic rings. The van der Waals surface area contributed by atoms with E-state index in [4.69, 9.17) is 16.3 Å². The molecule has 2 N–H and O–H groups in total. The first-order valence-corrected chi connectivity index (χ1v) is 9.64. The lowest BCUT2D eigenvalue weighted by Gasteiger charge is -2.31. The summed E-state index contributed by atoms with van der Waals surface area (Å²) in [6.45, 7) is 5.59. The Morgan fingerprint density at radius 2 is 2.00 bits per heavy atom. The molecule has 0 spiro atoms. The van der Waals surface area contributed by atoms with Crippen molar-refractivity contribution in [2.75, 3.05) is 32.8 Å². The lowest BCUT2D eigenvalue weighted by Crippen LogP contribution is -2.36. The number of hydrogen-bond donors (Lipinski definition) is 2. The summed E-state index contributed by atoms with van der Waals surface area (Å²) < 4.78 is 5.50. The smallest absolute Gasteiger partial charge is 0.335 e. The number of nitrogens with one attached hydrogen (secondary N) is 2. The highest BCUT2D eigenvalue weighted by molar-refractivity contribution is 6.30. The summed E-state index contributed by atoms with van der Waals surface area (Å²) in [7, 11) is 0. The van der Waals surface area contributed by atoms with Gasteiger partial charge < -0.3 is 15.0 Å². The second kappa shape index (κ2) is 9.58. The summed E-state index contributed by atoms with van der Waals surface area (Å²) in [6, 6.07) is 7.56. The molecule has 1 aliphatic carbocycles. The average Bonchev–Trinajstić information content (AvgIpc) is 3.07. The number of hydrazone groups is 1. The van der Waals surface area contributed by atoms with Crippen molar-refractivity contribution in [2.45, 2.75) is 19.8 Å². The van der Waals surface area contributed by atoms with Gasteiger partial charge in [-0.1, -0.05) is 23.7 Å². The fraction of sp³-hybridized carbons (Fsp3) is 0.400. The van der Waals surface area contributed by atoms with E-state index in [1.54, 1.807) is 6.21 Å². The summed E-state index contributed by atoms with van der Waals surface area (Å²) in [6.07, 6.45) is 5.81. The van der Waals surface area contributed by atoms with Gasteiger partial charge in [0.2, 0.25) is 0 Å². The number of ether oxygens (including phenoxy) is 1. The molecule has 6 nitrogen and oxygen atoms in total. The van der Waals surface area contributed by atoms with Gasteiger partial charge >= 0.3 is 6.03 Å². The van der Waals surface area contributed by atoms with Crippen molar-refractivity contribution in [3.63, 3.8) is 0 Å².